The number of carbonyl (C=O) groups excluding carboxylic acids is 1. The van der Waals surface area contributed by atoms with Crippen LogP contribution in [0.25, 0.3) is 21.8 Å². The van der Waals surface area contributed by atoms with E-state index in [0.717, 1.165) is 33.5 Å². The smallest absolute Gasteiger partial charge is 0.262 e. The molecular formula is C30H31N5O3. The van der Waals surface area contributed by atoms with Gasteiger partial charge in [-0.25, -0.2) is 0 Å². The number of rotatable bonds is 10. The van der Waals surface area contributed by atoms with Gasteiger partial charge in [-0.1, -0.05) is 60.7 Å². The van der Waals surface area contributed by atoms with Gasteiger partial charge in [0.05, 0.1) is 16.9 Å². The molecule has 1 unspecified atom stereocenters. The quantitative estimate of drug-likeness (QED) is 0.248. The van der Waals surface area contributed by atoms with Crippen molar-refractivity contribution in [2.24, 2.45) is 5.73 Å². The molecule has 5 rings (SSSR count). The van der Waals surface area contributed by atoms with Crippen LogP contribution < -0.4 is 21.3 Å². The van der Waals surface area contributed by atoms with E-state index in [1.165, 1.54) is 0 Å². The Labute approximate surface area is 220 Å². The van der Waals surface area contributed by atoms with Gasteiger partial charge in [-0.15, -0.1) is 0 Å². The SMILES string of the molecule is Cc1[nH]nc2c1c(=O)n(CCCNC(=O)C(N)Cc1ccc(OCc3ccccc3)cc1)c1ccccc21. The summed E-state index contributed by atoms with van der Waals surface area (Å²) in [4.78, 5) is 25.8. The molecule has 1 amide bonds. The minimum absolute atomic E-state index is 0.0795. The summed E-state index contributed by atoms with van der Waals surface area (Å²) >= 11 is 0. The van der Waals surface area contributed by atoms with E-state index >= 15 is 0 Å². The average Bonchev–Trinajstić information content (AvgIpc) is 3.34. The third-order valence-corrected chi connectivity index (χ3v) is 6.68. The number of ether oxygens (including phenoxy) is 1. The summed E-state index contributed by atoms with van der Waals surface area (Å²) in [5.74, 6) is 0.551. The zero-order valence-electron chi connectivity index (χ0n) is 21.3. The zero-order valence-corrected chi connectivity index (χ0v) is 21.3. The van der Waals surface area contributed by atoms with Gasteiger partial charge in [0.2, 0.25) is 5.91 Å². The average molecular weight is 510 g/mol. The number of nitrogens with zero attached hydrogens (tertiary/aromatic N) is 2. The number of hydrogen-bond donors (Lipinski definition) is 3. The summed E-state index contributed by atoms with van der Waals surface area (Å²) in [5, 5.41) is 11.7. The minimum Gasteiger partial charge on any atom is -0.489 e. The highest BCUT2D eigenvalue weighted by atomic mass is 16.5. The van der Waals surface area contributed by atoms with Crippen molar-refractivity contribution in [2.45, 2.75) is 39.0 Å². The summed E-state index contributed by atoms with van der Waals surface area (Å²) in [6.07, 6.45) is 1.02. The Kier molecular flexibility index (Phi) is 7.51. The molecule has 3 aromatic carbocycles. The van der Waals surface area contributed by atoms with E-state index in [1.54, 1.807) is 4.57 Å². The van der Waals surface area contributed by atoms with Gasteiger partial charge in [-0.2, -0.15) is 5.10 Å². The molecule has 0 fully saturated rings. The fourth-order valence-corrected chi connectivity index (χ4v) is 4.65. The number of aryl methyl sites for hydroxylation is 2. The summed E-state index contributed by atoms with van der Waals surface area (Å²) in [5.41, 5.74) is 10.4. The molecule has 8 heteroatoms. The Hall–Kier alpha value is -4.43. The normalized spacial score (nSPS) is 12.1. The molecule has 4 N–H and O–H groups in total. The maximum absolute atomic E-state index is 13.2. The Morgan fingerprint density at radius 3 is 2.55 bits per heavy atom. The molecule has 0 saturated carbocycles. The lowest BCUT2D eigenvalue weighted by atomic mass is 10.1. The lowest BCUT2D eigenvalue weighted by Crippen LogP contribution is -2.42. The van der Waals surface area contributed by atoms with Gasteiger partial charge >= 0.3 is 0 Å². The van der Waals surface area contributed by atoms with Gasteiger partial charge in [0, 0.05) is 24.2 Å². The number of carbonyl (C=O) groups is 1. The molecule has 0 radical (unpaired) electrons. The topological polar surface area (TPSA) is 115 Å². The predicted octanol–water partition coefficient (Wildman–Crippen LogP) is 3.84. The van der Waals surface area contributed by atoms with Crippen molar-refractivity contribution in [3.63, 3.8) is 0 Å². The molecule has 0 bridgehead atoms. The third-order valence-electron chi connectivity index (χ3n) is 6.68. The largest absolute Gasteiger partial charge is 0.489 e. The number of H-pyrrole nitrogens is 1. The number of amides is 1. The molecular weight excluding hydrogens is 478 g/mol. The number of pyridine rings is 1. The third kappa shape index (κ3) is 5.45. The van der Waals surface area contributed by atoms with Crippen LogP contribution in [0.3, 0.4) is 0 Å². The van der Waals surface area contributed by atoms with Crippen LogP contribution in [-0.4, -0.2) is 33.3 Å². The standard InChI is InChI=1S/C30H31N5O3/c1-20-27-28(34-33-20)24-10-5-6-11-26(24)35(30(27)37)17-7-16-32-29(36)25(31)18-21-12-14-23(15-13-21)38-19-22-8-3-2-4-9-22/h2-6,8-15,25H,7,16-19,31H2,1H3,(H,32,36)(H,33,34). The summed E-state index contributed by atoms with van der Waals surface area (Å²) in [7, 11) is 0. The van der Waals surface area contributed by atoms with Gasteiger partial charge in [-0.05, 0) is 49.1 Å². The first kappa shape index (κ1) is 25.2. The van der Waals surface area contributed by atoms with Crippen LogP contribution in [0.5, 0.6) is 5.75 Å². The first-order chi connectivity index (χ1) is 18.5. The molecule has 2 heterocycles. The lowest BCUT2D eigenvalue weighted by molar-refractivity contribution is -0.122. The van der Waals surface area contributed by atoms with Crippen LogP contribution >= 0.6 is 0 Å². The number of fused-ring (bicyclic) bond motifs is 3. The number of aromatic nitrogens is 3. The van der Waals surface area contributed by atoms with E-state index < -0.39 is 6.04 Å². The predicted molar refractivity (Wildman–Crippen MR) is 149 cm³/mol. The molecule has 1 atom stereocenters. The summed E-state index contributed by atoms with van der Waals surface area (Å²) in [6, 6.07) is 24.7. The fourth-order valence-electron chi connectivity index (χ4n) is 4.65. The Balaban J connectivity index is 1.13. The number of para-hydroxylation sites is 1. The van der Waals surface area contributed by atoms with E-state index in [9.17, 15) is 9.59 Å². The monoisotopic (exact) mass is 509 g/mol. The van der Waals surface area contributed by atoms with Crippen LogP contribution in [0.4, 0.5) is 0 Å². The van der Waals surface area contributed by atoms with Crippen molar-refractivity contribution in [1.82, 2.24) is 20.1 Å². The van der Waals surface area contributed by atoms with Crippen LogP contribution in [0.2, 0.25) is 0 Å². The van der Waals surface area contributed by atoms with Crippen molar-refractivity contribution < 1.29 is 9.53 Å². The van der Waals surface area contributed by atoms with E-state index in [0.29, 0.717) is 43.4 Å². The Bertz CT molecular complexity index is 1610. The van der Waals surface area contributed by atoms with Gasteiger partial charge in [0.25, 0.3) is 5.56 Å². The summed E-state index contributed by atoms with van der Waals surface area (Å²) < 4.78 is 7.58. The van der Waals surface area contributed by atoms with Crippen molar-refractivity contribution in [2.75, 3.05) is 6.54 Å². The highest BCUT2D eigenvalue weighted by molar-refractivity contribution is 6.03. The van der Waals surface area contributed by atoms with Gasteiger partial charge < -0.3 is 20.4 Å². The van der Waals surface area contributed by atoms with Crippen molar-refractivity contribution in [3.05, 3.63) is 106 Å². The van der Waals surface area contributed by atoms with E-state index in [4.69, 9.17) is 10.5 Å². The van der Waals surface area contributed by atoms with E-state index in [1.807, 2.05) is 85.8 Å². The molecule has 5 aromatic rings. The van der Waals surface area contributed by atoms with Gasteiger partial charge in [-0.3, -0.25) is 14.7 Å². The molecule has 2 aromatic heterocycles. The van der Waals surface area contributed by atoms with E-state index in [2.05, 4.69) is 15.5 Å². The lowest BCUT2D eigenvalue weighted by Gasteiger charge is -2.14. The molecule has 0 aliphatic carbocycles. The first-order valence-electron chi connectivity index (χ1n) is 12.8. The molecule has 0 spiro atoms. The number of benzene rings is 3. The van der Waals surface area contributed by atoms with Crippen molar-refractivity contribution in [1.29, 1.82) is 0 Å². The molecule has 0 aliphatic heterocycles. The maximum atomic E-state index is 13.2. The zero-order chi connectivity index (χ0) is 26.5. The second-order valence-corrected chi connectivity index (χ2v) is 9.42. The van der Waals surface area contributed by atoms with Crippen LogP contribution in [0.15, 0.2) is 83.7 Å². The van der Waals surface area contributed by atoms with E-state index in [-0.39, 0.29) is 11.5 Å². The molecule has 8 nitrogen and oxygen atoms in total. The molecule has 0 saturated heterocycles. The van der Waals surface area contributed by atoms with Crippen molar-refractivity contribution in [3.8, 4) is 5.75 Å². The highest BCUT2D eigenvalue weighted by Gasteiger charge is 2.16. The van der Waals surface area contributed by atoms with Crippen LogP contribution in [0.1, 0.15) is 23.2 Å². The number of nitrogens with two attached hydrogens (primary N) is 1. The second kappa shape index (κ2) is 11.3. The maximum Gasteiger partial charge on any atom is 0.262 e. The number of aromatic amines is 1. The summed E-state index contributed by atoms with van der Waals surface area (Å²) in [6.45, 7) is 3.24. The molecule has 194 valence electrons. The first-order valence-corrected chi connectivity index (χ1v) is 12.8. The van der Waals surface area contributed by atoms with Gasteiger partial charge in [0.1, 0.15) is 17.9 Å². The number of nitrogens with one attached hydrogen (secondary N) is 2. The molecule has 38 heavy (non-hydrogen) atoms. The Morgan fingerprint density at radius 2 is 1.76 bits per heavy atom. The second-order valence-electron chi connectivity index (χ2n) is 9.42. The fraction of sp³-hybridized carbons (Fsp3) is 0.233. The van der Waals surface area contributed by atoms with Gasteiger partial charge in [0.15, 0.2) is 0 Å². The van der Waals surface area contributed by atoms with Crippen LogP contribution in [-0.2, 0) is 24.4 Å². The molecule has 0 aliphatic rings. The van der Waals surface area contributed by atoms with Crippen molar-refractivity contribution >= 4 is 27.7 Å². The van der Waals surface area contributed by atoms with Crippen LogP contribution in [0, 0.1) is 6.92 Å². The minimum atomic E-state index is -0.667. The number of hydrogen-bond acceptors (Lipinski definition) is 5. The highest BCUT2D eigenvalue weighted by Crippen LogP contribution is 2.22. The Morgan fingerprint density at radius 1 is 1.03 bits per heavy atom.